The van der Waals surface area contributed by atoms with E-state index in [0.717, 1.165) is 18.7 Å². The van der Waals surface area contributed by atoms with Crippen molar-refractivity contribution < 1.29 is 4.79 Å². The molecular formula is C17H29N3O. The van der Waals surface area contributed by atoms with Crippen molar-refractivity contribution in [3.05, 3.63) is 24.0 Å². The quantitative estimate of drug-likeness (QED) is 0.679. The number of unbranched alkanes of at least 4 members (excludes halogenated alkanes) is 2. The lowest BCUT2D eigenvalue weighted by molar-refractivity contribution is 0.0929. The zero-order valence-electron chi connectivity index (χ0n) is 13.8. The van der Waals surface area contributed by atoms with Gasteiger partial charge in [-0.2, -0.15) is 0 Å². The number of hydrogen-bond acceptors (Lipinski definition) is 3. The molecule has 1 heterocycles. The van der Waals surface area contributed by atoms with Gasteiger partial charge in [0.2, 0.25) is 0 Å². The second-order valence-corrected chi connectivity index (χ2v) is 6.26. The number of nitrogens with zero attached hydrogens (tertiary/aromatic N) is 1. The fourth-order valence-corrected chi connectivity index (χ4v) is 2.22. The summed E-state index contributed by atoms with van der Waals surface area (Å²) in [5, 5.41) is 6.20. The normalized spacial score (nSPS) is 11.2. The van der Waals surface area contributed by atoms with Crippen molar-refractivity contribution in [1.29, 1.82) is 0 Å². The summed E-state index contributed by atoms with van der Waals surface area (Å²) in [7, 11) is 0. The molecule has 0 unspecified atom stereocenters. The minimum atomic E-state index is -0.0988. The Labute approximate surface area is 128 Å². The molecule has 0 aliphatic carbocycles. The average Bonchev–Trinajstić information content (AvgIpc) is 2.46. The largest absolute Gasteiger partial charge is 0.385 e. The molecule has 0 aromatic carbocycles. The molecule has 0 saturated carbocycles. The lowest BCUT2D eigenvalue weighted by atomic mass is 9.87. The average molecular weight is 291 g/mol. The van der Waals surface area contributed by atoms with Gasteiger partial charge in [-0.05, 0) is 30.9 Å². The molecule has 0 spiro atoms. The summed E-state index contributed by atoms with van der Waals surface area (Å²) in [6.45, 7) is 10.1. The van der Waals surface area contributed by atoms with E-state index < -0.39 is 0 Å². The Hall–Kier alpha value is -1.58. The molecule has 0 saturated heterocycles. The van der Waals surface area contributed by atoms with Gasteiger partial charge < -0.3 is 10.6 Å². The molecule has 4 nitrogen and oxygen atoms in total. The predicted molar refractivity (Wildman–Crippen MR) is 88.7 cm³/mol. The maximum absolute atomic E-state index is 12.2. The minimum absolute atomic E-state index is 0.0988. The third-order valence-electron chi connectivity index (χ3n) is 3.56. The molecule has 4 heteroatoms. The Morgan fingerprint density at radius 3 is 2.71 bits per heavy atom. The molecule has 2 N–H and O–H groups in total. The zero-order chi connectivity index (χ0) is 15.7. The van der Waals surface area contributed by atoms with Crippen molar-refractivity contribution in [2.24, 2.45) is 5.41 Å². The van der Waals surface area contributed by atoms with E-state index in [4.69, 9.17) is 0 Å². The van der Waals surface area contributed by atoms with Crippen molar-refractivity contribution in [1.82, 2.24) is 10.3 Å². The van der Waals surface area contributed by atoms with Gasteiger partial charge in [-0.15, -0.1) is 0 Å². The first-order valence-corrected chi connectivity index (χ1v) is 7.96. The van der Waals surface area contributed by atoms with E-state index in [0.29, 0.717) is 12.2 Å². The first-order valence-electron chi connectivity index (χ1n) is 7.96. The molecule has 0 bridgehead atoms. The number of carbonyl (C=O) groups excluding carboxylic acids is 1. The predicted octanol–water partition coefficient (Wildman–Crippen LogP) is 3.85. The van der Waals surface area contributed by atoms with Gasteiger partial charge in [0.25, 0.3) is 5.91 Å². The Morgan fingerprint density at radius 1 is 1.29 bits per heavy atom. The maximum Gasteiger partial charge on any atom is 0.269 e. The molecule has 21 heavy (non-hydrogen) atoms. The Balaban J connectivity index is 2.51. The van der Waals surface area contributed by atoms with E-state index >= 15 is 0 Å². The second kappa shape index (κ2) is 8.65. The molecule has 0 aliphatic rings. The number of carbonyl (C=O) groups is 1. The van der Waals surface area contributed by atoms with Crippen LogP contribution in [0, 0.1) is 5.41 Å². The van der Waals surface area contributed by atoms with Gasteiger partial charge in [0, 0.05) is 25.0 Å². The van der Waals surface area contributed by atoms with Gasteiger partial charge in [-0.25, -0.2) is 0 Å². The highest BCUT2D eigenvalue weighted by atomic mass is 16.1. The van der Waals surface area contributed by atoms with E-state index in [1.807, 2.05) is 13.0 Å². The molecule has 1 amide bonds. The summed E-state index contributed by atoms with van der Waals surface area (Å²) in [5.41, 5.74) is 1.53. The highest BCUT2D eigenvalue weighted by molar-refractivity contribution is 5.93. The van der Waals surface area contributed by atoms with Crippen LogP contribution in [0.15, 0.2) is 18.3 Å². The SMILES string of the molecule is CCCCCC(C)(C)CNC(=O)c1cc(NCC)ccn1. The highest BCUT2D eigenvalue weighted by Gasteiger charge is 2.19. The number of aromatic nitrogens is 1. The summed E-state index contributed by atoms with van der Waals surface area (Å²) in [4.78, 5) is 16.3. The molecule has 0 atom stereocenters. The van der Waals surface area contributed by atoms with Crippen LogP contribution >= 0.6 is 0 Å². The number of nitrogens with one attached hydrogen (secondary N) is 2. The first kappa shape index (κ1) is 17.5. The van der Waals surface area contributed by atoms with Crippen LogP contribution in [0.4, 0.5) is 5.69 Å². The van der Waals surface area contributed by atoms with Crippen LogP contribution in [0.1, 0.15) is 63.9 Å². The Bertz CT molecular complexity index is 443. The molecule has 1 aromatic heterocycles. The summed E-state index contributed by atoms with van der Waals surface area (Å²) in [5.74, 6) is -0.0988. The summed E-state index contributed by atoms with van der Waals surface area (Å²) in [6, 6.07) is 3.66. The maximum atomic E-state index is 12.2. The fourth-order valence-electron chi connectivity index (χ4n) is 2.22. The third kappa shape index (κ3) is 6.61. The number of hydrogen-bond donors (Lipinski definition) is 2. The van der Waals surface area contributed by atoms with Crippen molar-refractivity contribution in [3.8, 4) is 0 Å². The summed E-state index contributed by atoms with van der Waals surface area (Å²) in [6.07, 6.45) is 6.49. The van der Waals surface area contributed by atoms with Crippen molar-refractivity contribution in [3.63, 3.8) is 0 Å². The van der Waals surface area contributed by atoms with Gasteiger partial charge in [-0.3, -0.25) is 9.78 Å². The molecule has 0 radical (unpaired) electrons. The Morgan fingerprint density at radius 2 is 2.05 bits per heavy atom. The smallest absolute Gasteiger partial charge is 0.269 e. The molecule has 1 rings (SSSR count). The van der Waals surface area contributed by atoms with E-state index in [-0.39, 0.29) is 11.3 Å². The van der Waals surface area contributed by atoms with Gasteiger partial charge in [0.15, 0.2) is 0 Å². The van der Waals surface area contributed by atoms with Crippen LogP contribution in [0.2, 0.25) is 0 Å². The lowest BCUT2D eigenvalue weighted by Gasteiger charge is -2.24. The fraction of sp³-hybridized carbons (Fsp3) is 0.647. The topological polar surface area (TPSA) is 54.0 Å². The number of anilines is 1. The molecule has 0 fully saturated rings. The van der Waals surface area contributed by atoms with Crippen molar-refractivity contribution in [2.75, 3.05) is 18.4 Å². The van der Waals surface area contributed by atoms with Gasteiger partial charge in [0.1, 0.15) is 5.69 Å². The molecule has 0 aliphatic heterocycles. The second-order valence-electron chi connectivity index (χ2n) is 6.26. The molecule has 1 aromatic rings. The molecular weight excluding hydrogens is 262 g/mol. The summed E-state index contributed by atoms with van der Waals surface area (Å²) >= 11 is 0. The van der Waals surface area contributed by atoms with Gasteiger partial charge >= 0.3 is 0 Å². The van der Waals surface area contributed by atoms with Crippen LogP contribution in [-0.4, -0.2) is 24.0 Å². The van der Waals surface area contributed by atoms with Crippen LogP contribution in [0.25, 0.3) is 0 Å². The van der Waals surface area contributed by atoms with Crippen LogP contribution < -0.4 is 10.6 Å². The standard InChI is InChI=1S/C17H29N3O/c1-5-7-8-10-17(3,4)13-20-16(21)15-12-14(18-6-2)9-11-19-15/h9,11-12H,5-8,10,13H2,1-4H3,(H,18,19)(H,20,21). The van der Waals surface area contributed by atoms with Gasteiger partial charge in [-0.1, -0.05) is 40.0 Å². The van der Waals surface area contributed by atoms with E-state index in [1.54, 1.807) is 12.3 Å². The lowest BCUT2D eigenvalue weighted by Crippen LogP contribution is -2.34. The van der Waals surface area contributed by atoms with Crippen LogP contribution in [0.3, 0.4) is 0 Å². The molecule has 118 valence electrons. The Kier molecular flexibility index (Phi) is 7.20. The van der Waals surface area contributed by atoms with Crippen molar-refractivity contribution >= 4 is 11.6 Å². The van der Waals surface area contributed by atoms with E-state index in [9.17, 15) is 4.79 Å². The first-order chi connectivity index (χ1) is 9.98. The van der Waals surface area contributed by atoms with Crippen LogP contribution in [0.5, 0.6) is 0 Å². The van der Waals surface area contributed by atoms with Gasteiger partial charge in [0.05, 0.1) is 0 Å². The number of amides is 1. The van der Waals surface area contributed by atoms with E-state index in [2.05, 4.69) is 36.4 Å². The summed E-state index contributed by atoms with van der Waals surface area (Å²) < 4.78 is 0. The highest BCUT2D eigenvalue weighted by Crippen LogP contribution is 2.22. The number of rotatable bonds is 9. The van der Waals surface area contributed by atoms with Crippen LogP contribution in [-0.2, 0) is 0 Å². The monoisotopic (exact) mass is 291 g/mol. The minimum Gasteiger partial charge on any atom is -0.385 e. The zero-order valence-corrected chi connectivity index (χ0v) is 13.8. The number of pyridine rings is 1. The van der Waals surface area contributed by atoms with E-state index in [1.165, 1.54) is 19.3 Å². The van der Waals surface area contributed by atoms with Crippen molar-refractivity contribution in [2.45, 2.75) is 53.4 Å². The third-order valence-corrected chi connectivity index (χ3v) is 3.56.